The minimum Gasteiger partial charge on any atom is -0.217 e. The molecule has 3 aromatic heterocycles. The van der Waals surface area contributed by atoms with Crippen LogP contribution in [0, 0.1) is 5.92 Å². The molecule has 0 saturated carbocycles. The highest BCUT2D eigenvalue weighted by atomic mass is 32.1. The Labute approximate surface area is 148 Å². The molecule has 3 heterocycles. The van der Waals surface area contributed by atoms with Crippen LogP contribution in [0.15, 0.2) is 48.1 Å². The molecule has 0 bridgehead atoms. The fourth-order valence-corrected chi connectivity index (χ4v) is 3.65. The second kappa shape index (κ2) is 6.56. The van der Waals surface area contributed by atoms with Crippen LogP contribution in [-0.4, -0.2) is 35.7 Å². The Balaban J connectivity index is 1.83. The van der Waals surface area contributed by atoms with Gasteiger partial charge in [0.2, 0.25) is 4.96 Å². The number of aromatic nitrogens is 6. The van der Waals surface area contributed by atoms with Crippen molar-refractivity contribution in [2.24, 2.45) is 11.0 Å². The van der Waals surface area contributed by atoms with Crippen molar-refractivity contribution < 1.29 is 0 Å². The van der Waals surface area contributed by atoms with Crippen molar-refractivity contribution in [2.75, 3.05) is 0 Å². The maximum atomic E-state index is 4.80. The van der Waals surface area contributed by atoms with Crippen LogP contribution in [0.4, 0.5) is 0 Å². The predicted molar refractivity (Wildman–Crippen MR) is 97.9 cm³/mol. The zero-order chi connectivity index (χ0) is 17.2. The van der Waals surface area contributed by atoms with Crippen LogP contribution in [0.2, 0.25) is 0 Å². The van der Waals surface area contributed by atoms with Gasteiger partial charge in [-0.2, -0.15) is 10.2 Å². The summed E-state index contributed by atoms with van der Waals surface area (Å²) in [6.45, 7) is 4.38. The van der Waals surface area contributed by atoms with Crippen molar-refractivity contribution in [1.29, 1.82) is 0 Å². The first-order chi connectivity index (χ1) is 12.2. The lowest BCUT2D eigenvalue weighted by Crippen LogP contribution is -1.99. The third-order valence-corrected chi connectivity index (χ3v) is 4.56. The first-order valence-electron chi connectivity index (χ1n) is 8.03. The zero-order valence-corrected chi connectivity index (χ0v) is 14.8. The van der Waals surface area contributed by atoms with E-state index < -0.39 is 0 Å². The summed E-state index contributed by atoms with van der Waals surface area (Å²) in [4.78, 5) is 5.67. The summed E-state index contributed by atoms with van der Waals surface area (Å²) < 4.78 is 3.42. The van der Waals surface area contributed by atoms with Crippen molar-refractivity contribution in [3.8, 4) is 11.3 Å². The summed E-state index contributed by atoms with van der Waals surface area (Å²) in [5.41, 5.74) is 2.75. The number of hydrogen-bond acceptors (Lipinski definition) is 6. The fourth-order valence-electron chi connectivity index (χ4n) is 2.54. The van der Waals surface area contributed by atoms with Crippen LogP contribution in [-0.2, 0) is 6.42 Å². The zero-order valence-electron chi connectivity index (χ0n) is 13.9. The first kappa shape index (κ1) is 15.6. The van der Waals surface area contributed by atoms with Crippen LogP contribution in [0.3, 0.4) is 0 Å². The van der Waals surface area contributed by atoms with Gasteiger partial charge < -0.3 is 0 Å². The predicted octanol–water partition coefficient (Wildman–Crippen LogP) is 3.13. The summed E-state index contributed by atoms with van der Waals surface area (Å²) in [5.74, 6) is 0.554. The number of benzene rings is 1. The van der Waals surface area contributed by atoms with Gasteiger partial charge >= 0.3 is 0 Å². The van der Waals surface area contributed by atoms with E-state index in [4.69, 9.17) is 10.1 Å². The lowest BCUT2D eigenvalue weighted by molar-refractivity contribution is 0.636. The smallest absolute Gasteiger partial charge is 0.213 e. The van der Waals surface area contributed by atoms with Crippen LogP contribution < -0.4 is 0 Å². The summed E-state index contributed by atoms with van der Waals surface area (Å²) >= 11 is 1.63. The molecule has 0 aliphatic rings. The first-order valence-corrected chi connectivity index (χ1v) is 8.85. The molecule has 0 radical (unpaired) electrons. The molecule has 0 aliphatic heterocycles. The molecular weight excluding hydrogens is 334 g/mol. The van der Waals surface area contributed by atoms with Crippen LogP contribution in [0.25, 0.3) is 16.2 Å². The Bertz CT molecular complexity index is 997. The Morgan fingerprint density at radius 1 is 1.16 bits per heavy atom. The topological polar surface area (TPSA) is 73.3 Å². The van der Waals surface area contributed by atoms with E-state index in [-0.39, 0.29) is 0 Å². The Kier molecular flexibility index (Phi) is 4.10. The van der Waals surface area contributed by atoms with Gasteiger partial charge in [0.15, 0.2) is 0 Å². The molecule has 0 spiro atoms. The lowest BCUT2D eigenvalue weighted by atomic mass is 10.1. The molecular formula is C17H17N7S. The molecule has 0 aliphatic carbocycles. The molecule has 8 heteroatoms. The van der Waals surface area contributed by atoms with E-state index in [1.54, 1.807) is 34.9 Å². The molecule has 0 unspecified atom stereocenters. The summed E-state index contributed by atoms with van der Waals surface area (Å²) in [6, 6.07) is 10.1. The van der Waals surface area contributed by atoms with Gasteiger partial charge in [-0.3, -0.25) is 0 Å². The number of hydrogen-bond donors (Lipinski definition) is 0. The minimum atomic E-state index is 0.554. The molecule has 0 saturated heterocycles. The summed E-state index contributed by atoms with van der Waals surface area (Å²) in [5, 5.41) is 17.7. The summed E-state index contributed by atoms with van der Waals surface area (Å²) in [6.07, 6.45) is 5.78. The molecule has 1 aromatic carbocycles. The number of nitrogens with zero attached hydrogens (tertiary/aromatic N) is 7. The van der Waals surface area contributed by atoms with Crippen LogP contribution in [0.5, 0.6) is 0 Å². The van der Waals surface area contributed by atoms with Gasteiger partial charge in [0, 0.05) is 12.0 Å². The molecule has 4 rings (SSSR count). The highest BCUT2D eigenvalue weighted by Crippen LogP contribution is 2.26. The molecule has 0 N–H and O–H groups in total. The second-order valence-electron chi connectivity index (χ2n) is 6.09. The molecule has 126 valence electrons. The van der Waals surface area contributed by atoms with Gasteiger partial charge in [-0.15, -0.1) is 10.2 Å². The van der Waals surface area contributed by atoms with Crippen molar-refractivity contribution in [3.63, 3.8) is 0 Å². The van der Waals surface area contributed by atoms with Crippen molar-refractivity contribution >= 4 is 22.5 Å². The monoisotopic (exact) mass is 351 g/mol. The normalized spacial score (nSPS) is 12.0. The standard InChI is InChI=1S/C17H17N7S/c1-12(2)8-15-22-24-14(9-20-23-10-18-19-11-23)16(21-17(24)25-15)13-6-4-3-5-7-13/h3-7,9-12H,8H2,1-2H3/b20-9+. The van der Waals surface area contributed by atoms with E-state index in [2.05, 4.69) is 29.1 Å². The van der Waals surface area contributed by atoms with Crippen LogP contribution in [0.1, 0.15) is 24.5 Å². The molecule has 0 amide bonds. The largest absolute Gasteiger partial charge is 0.217 e. The molecule has 4 aromatic rings. The summed E-state index contributed by atoms with van der Waals surface area (Å²) in [7, 11) is 0. The van der Waals surface area contributed by atoms with Gasteiger partial charge in [0.25, 0.3) is 0 Å². The van der Waals surface area contributed by atoms with Gasteiger partial charge in [-0.05, 0) is 5.92 Å². The Morgan fingerprint density at radius 2 is 1.92 bits per heavy atom. The highest BCUT2D eigenvalue weighted by molar-refractivity contribution is 7.16. The maximum Gasteiger partial charge on any atom is 0.213 e. The van der Waals surface area contributed by atoms with Gasteiger partial charge in [0.05, 0.1) is 6.21 Å². The maximum absolute atomic E-state index is 4.80. The highest BCUT2D eigenvalue weighted by Gasteiger charge is 2.17. The van der Waals surface area contributed by atoms with E-state index in [1.165, 1.54) is 0 Å². The minimum absolute atomic E-state index is 0.554. The number of rotatable bonds is 5. The van der Waals surface area contributed by atoms with E-state index in [0.29, 0.717) is 5.92 Å². The van der Waals surface area contributed by atoms with Crippen molar-refractivity contribution in [2.45, 2.75) is 20.3 Å². The third kappa shape index (κ3) is 3.20. The van der Waals surface area contributed by atoms with Crippen molar-refractivity contribution in [3.05, 3.63) is 53.7 Å². The van der Waals surface area contributed by atoms with E-state index in [1.807, 2.05) is 34.8 Å². The molecule has 0 atom stereocenters. The number of fused-ring (bicyclic) bond motifs is 1. The van der Waals surface area contributed by atoms with Gasteiger partial charge in [-0.25, -0.2) is 14.2 Å². The molecule has 0 fully saturated rings. The SMILES string of the molecule is CC(C)Cc1nn2c(/C=N/n3cnnc3)c(-c3ccccc3)nc2s1. The average molecular weight is 351 g/mol. The van der Waals surface area contributed by atoms with Gasteiger partial charge in [-0.1, -0.05) is 55.5 Å². The van der Waals surface area contributed by atoms with E-state index in [0.717, 1.165) is 33.3 Å². The average Bonchev–Trinajstić information content (AvgIpc) is 3.29. The Hall–Kier alpha value is -2.87. The molecule has 25 heavy (non-hydrogen) atoms. The fraction of sp³-hybridized carbons (Fsp3) is 0.235. The third-order valence-electron chi connectivity index (χ3n) is 3.63. The second-order valence-corrected chi connectivity index (χ2v) is 7.13. The Morgan fingerprint density at radius 3 is 2.64 bits per heavy atom. The van der Waals surface area contributed by atoms with E-state index >= 15 is 0 Å². The quantitative estimate of drug-likeness (QED) is 0.518. The van der Waals surface area contributed by atoms with E-state index in [9.17, 15) is 0 Å². The van der Waals surface area contributed by atoms with Gasteiger partial charge in [0.1, 0.15) is 29.1 Å². The molecule has 7 nitrogen and oxygen atoms in total. The van der Waals surface area contributed by atoms with Crippen LogP contribution >= 0.6 is 11.3 Å². The van der Waals surface area contributed by atoms with Crippen molar-refractivity contribution in [1.82, 2.24) is 29.5 Å². The number of imidazole rings is 1. The lowest BCUT2D eigenvalue weighted by Gasteiger charge is -2.00.